The summed E-state index contributed by atoms with van der Waals surface area (Å²) in [7, 11) is 0. The summed E-state index contributed by atoms with van der Waals surface area (Å²) < 4.78 is 6.80. The predicted octanol–water partition coefficient (Wildman–Crippen LogP) is 3.72. The van der Waals surface area contributed by atoms with Gasteiger partial charge >= 0.3 is 0 Å². The van der Waals surface area contributed by atoms with Crippen molar-refractivity contribution >= 4 is 15.9 Å². The van der Waals surface area contributed by atoms with E-state index in [2.05, 4.69) is 36.7 Å². The van der Waals surface area contributed by atoms with Crippen LogP contribution in [0, 0.1) is 5.41 Å². The molecule has 0 spiro atoms. The van der Waals surface area contributed by atoms with Gasteiger partial charge in [0.2, 0.25) is 0 Å². The van der Waals surface area contributed by atoms with Crippen molar-refractivity contribution < 1.29 is 4.74 Å². The number of hydrogen-bond donors (Lipinski definition) is 1. The molecule has 0 fully saturated rings. The van der Waals surface area contributed by atoms with Crippen LogP contribution in [0.1, 0.15) is 32.8 Å². The van der Waals surface area contributed by atoms with Crippen LogP contribution in [-0.4, -0.2) is 6.61 Å². The maximum Gasteiger partial charge on any atom is 0.123 e. The first-order valence-electron chi connectivity index (χ1n) is 5.54. The minimum Gasteiger partial charge on any atom is -0.493 e. The molecule has 16 heavy (non-hydrogen) atoms. The molecule has 0 amide bonds. The van der Waals surface area contributed by atoms with Gasteiger partial charge in [-0.2, -0.15) is 0 Å². The van der Waals surface area contributed by atoms with Crippen LogP contribution in [0.2, 0.25) is 0 Å². The Kier molecular flexibility index (Phi) is 4.81. The molecule has 0 saturated carbocycles. The Balaban J connectivity index is 2.60. The lowest BCUT2D eigenvalue weighted by Crippen LogP contribution is -2.12. The van der Waals surface area contributed by atoms with Crippen LogP contribution in [0.15, 0.2) is 22.7 Å². The quantitative estimate of drug-likeness (QED) is 0.915. The highest BCUT2D eigenvalue weighted by molar-refractivity contribution is 9.10. The lowest BCUT2D eigenvalue weighted by Gasteiger charge is -2.19. The van der Waals surface area contributed by atoms with Gasteiger partial charge < -0.3 is 10.5 Å². The van der Waals surface area contributed by atoms with Crippen molar-refractivity contribution in [1.29, 1.82) is 0 Å². The lowest BCUT2D eigenvalue weighted by atomic mass is 9.93. The van der Waals surface area contributed by atoms with E-state index in [0.29, 0.717) is 12.0 Å². The summed E-state index contributed by atoms with van der Waals surface area (Å²) in [5, 5.41) is 0. The SMILES string of the molecule is CC(C)(C)CCOc1ccc(Br)cc1CN. The third-order valence-corrected chi connectivity index (χ3v) is 2.85. The van der Waals surface area contributed by atoms with Crippen molar-refractivity contribution in [3.8, 4) is 5.75 Å². The summed E-state index contributed by atoms with van der Waals surface area (Å²) in [6.07, 6.45) is 1.03. The standard InChI is InChI=1S/C13H20BrNO/c1-13(2,3)6-7-16-12-5-4-11(14)8-10(12)9-15/h4-5,8H,6-7,9,15H2,1-3H3. The second kappa shape index (κ2) is 5.69. The van der Waals surface area contributed by atoms with E-state index < -0.39 is 0 Å². The molecule has 0 aromatic heterocycles. The molecule has 0 aliphatic carbocycles. The summed E-state index contributed by atoms with van der Waals surface area (Å²) >= 11 is 3.43. The van der Waals surface area contributed by atoms with Gasteiger partial charge in [0.1, 0.15) is 5.75 Å². The van der Waals surface area contributed by atoms with E-state index in [4.69, 9.17) is 10.5 Å². The van der Waals surface area contributed by atoms with Gasteiger partial charge in [-0.25, -0.2) is 0 Å². The van der Waals surface area contributed by atoms with Crippen LogP contribution in [0.3, 0.4) is 0 Å². The van der Waals surface area contributed by atoms with E-state index in [-0.39, 0.29) is 0 Å². The fourth-order valence-corrected chi connectivity index (χ4v) is 1.72. The van der Waals surface area contributed by atoms with Crippen LogP contribution in [0.4, 0.5) is 0 Å². The van der Waals surface area contributed by atoms with Gasteiger partial charge in [-0.15, -0.1) is 0 Å². The number of hydrogen-bond acceptors (Lipinski definition) is 2. The molecule has 0 radical (unpaired) electrons. The number of benzene rings is 1. The molecule has 1 rings (SSSR count). The van der Waals surface area contributed by atoms with Crippen LogP contribution < -0.4 is 10.5 Å². The Morgan fingerprint density at radius 3 is 2.56 bits per heavy atom. The first kappa shape index (κ1) is 13.5. The molecule has 0 unspecified atom stereocenters. The van der Waals surface area contributed by atoms with E-state index in [9.17, 15) is 0 Å². The second-order valence-electron chi connectivity index (χ2n) is 5.12. The largest absolute Gasteiger partial charge is 0.493 e. The Labute approximate surface area is 106 Å². The first-order valence-corrected chi connectivity index (χ1v) is 6.33. The van der Waals surface area contributed by atoms with Gasteiger partial charge in [0.05, 0.1) is 6.61 Å². The average molecular weight is 286 g/mol. The Morgan fingerprint density at radius 1 is 1.31 bits per heavy atom. The van der Waals surface area contributed by atoms with Crippen molar-refractivity contribution in [3.63, 3.8) is 0 Å². The fourth-order valence-electron chi connectivity index (χ4n) is 1.32. The molecular formula is C13H20BrNO. The third-order valence-electron chi connectivity index (χ3n) is 2.35. The normalized spacial score (nSPS) is 11.6. The van der Waals surface area contributed by atoms with Crippen molar-refractivity contribution in [2.24, 2.45) is 11.1 Å². The van der Waals surface area contributed by atoms with E-state index in [1.165, 1.54) is 0 Å². The van der Waals surface area contributed by atoms with Gasteiger partial charge in [-0.3, -0.25) is 0 Å². The van der Waals surface area contributed by atoms with E-state index in [0.717, 1.165) is 28.8 Å². The molecule has 2 N–H and O–H groups in total. The van der Waals surface area contributed by atoms with E-state index in [1.54, 1.807) is 0 Å². The van der Waals surface area contributed by atoms with Crippen LogP contribution in [0.25, 0.3) is 0 Å². The molecular weight excluding hydrogens is 266 g/mol. The molecule has 0 heterocycles. The highest BCUT2D eigenvalue weighted by atomic mass is 79.9. The predicted molar refractivity (Wildman–Crippen MR) is 71.6 cm³/mol. The minimum atomic E-state index is 0.304. The maximum absolute atomic E-state index is 5.76. The van der Waals surface area contributed by atoms with E-state index in [1.807, 2.05) is 18.2 Å². The summed E-state index contributed by atoms with van der Waals surface area (Å²) in [4.78, 5) is 0. The molecule has 0 aliphatic heterocycles. The van der Waals surface area contributed by atoms with Crippen molar-refractivity contribution in [2.75, 3.05) is 6.61 Å². The average Bonchev–Trinajstić information content (AvgIpc) is 2.18. The van der Waals surface area contributed by atoms with Crippen molar-refractivity contribution in [2.45, 2.75) is 33.7 Å². The lowest BCUT2D eigenvalue weighted by molar-refractivity contribution is 0.241. The van der Waals surface area contributed by atoms with Crippen LogP contribution in [0.5, 0.6) is 5.75 Å². The topological polar surface area (TPSA) is 35.2 Å². The fraction of sp³-hybridized carbons (Fsp3) is 0.538. The van der Waals surface area contributed by atoms with Gasteiger partial charge in [0.25, 0.3) is 0 Å². The Bertz CT molecular complexity index is 344. The molecule has 0 bridgehead atoms. The minimum absolute atomic E-state index is 0.304. The molecule has 0 atom stereocenters. The number of rotatable bonds is 4. The zero-order chi connectivity index (χ0) is 12.2. The summed E-state index contributed by atoms with van der Waals surface area (Å²) in [6, 6.07) is 5.95. The Hall–Kier alpha value is -0.540. The third kappa shape index (κ3) is 4.54. The highest BCUT2D eigenvalue weighted by Gasteiger charge is 2.10. The summed E-state index contributed by atoms with van der Waals surface area (Å²) in [5.74, 6) is 0.898. The van der Waals surface area contributed by atoms with Crippen molar-refractivity contribution in [3.05, 3.63) is 28.2 Å². The van der Waals surface area contributed by atoms with Gasteiger partial charge in [-0.05, 0) is 30.0 Å². The van der Waals surface area contributed by atoms with Gasteiger partial charge in [0.15, 0.2) is 0 Å². The first-order chi connectivity index (χ1) is 7.42. The zero-order valence-electron chi connectivity index (χ0n) is 10.2. The maximum atomic E-state index is 5.76. The van der Waals surface area contributed by atoms with Crippen molar-refractivity contribution in [1.82, 2.24) is 0 Å². The highest BCUT2D eigenvalue weighted by Crippen LogP contribution is 2.24. The summed E-state index contributed by atoms with van der Waals surface area (Å²) in [5.41, 5.74) is 7.02. The van der Waals surface area contributed by atoms with Crippen LogP contribution >= 0.6 is 15.9 Å². The molecule has 0 saturated heterocycles. The number of ether oxygens (including phenoxy) is 1. The monoisotopic (exact) mass is 285 g/mol. The number of halogens is 1. The molecule has 0 aliphatic rings. The van der Waals surface area contributed by atoms with Crippen LogP contribution in [-0.2, 0) is 6.54 Å². The van der Waals surface area contributed by atoms with E-state index >= 15 is 0 Å². The smallest absolute Gasteiger partial charge is 0.123 e. The Morgan fingerprint density at radius 2 is 2.00 bits per heavy atom. The molecule has 3 heteroatoms. The molecule has 2 nitrogen and oxygen atoms in total. The second-order valence-corrected chi connectivity index (χ2v) is 6.03. The molecule has 90 valence electrons. The molecule has 1 aromatic carbocycles. The zero-order valence-corrected chi connectivity index (χ0v) is 11.8. The van der Waals surface area contributed by atoms with Gasteiger partial charge in [0, 0.05) is 16.6 Å². The summed E-state index contributed by atoms with van der Waals surface area (Å²) in [6.45, 7) is 7.87. The van der Waals surface area contributed by atoms with Gasteiger partial charge in [-0.1, -0.05) is 36.7 Å². The molecule has 1 aromatic rings. The number of nitrogens with two attached hydrogens (primary N) is 1.